The Bertz CT molecular complexity index is 327. The van der Waals surface area contributed by atoms with Gasteiger partial charge < -0.3 is 0 Å². The zero-order valence-electron chi connectivity index (χ0n) is 22.0. The van der Waals surface area contributed by atoms with E-state index in [1.54, 1.807) is 0 Å². The van der Waals surface area contributed by atoms with E-state index in [0.717, 1.165) is 23.9 Å². The molecule has 12 heteroatoms. The van der Waals surface area contributed by atoms with Gasteiger partial charge in [-0.15, -0.1) is 53.6 Å². The van der Waals surface area contributed by atoms with Crippen LogP contribution in [0.3, 0.4) is 0 Å². The lowest BCUT2D eigenvalue weighted by Gasteiger charge is -2.07. The minimum absolute atomic E-state index is 0. The van der Waals surface area contributed by atoms with Crippen molar-refractivity contribution >= 4 is 99.3 Å². The second-order valence-electron chi connectivity index (χ2n) is 8.21. The molecule has 0 fully saturated rings. The zero-order chi connectivity index (χ0) is 25.6. The Morgan fingerprint density at radius 1 is 0.389 bits per heavy atom. The first-order valence-electron chi connectivity index (χ1n) is 12.9. The molecule has 0 aliphatic heterocycles. The summed E-state index contributed by atoms with van der Waals surface area (Å²) in [6.45, 7) is 6.81. The van der Waals surface area contributed by atoms with Crippen molar-refractivity contribution in [1.29, 1.82) is 0 Å². The van der Waals surface area contributed by atoms with E-state index < -0.39 is 0 Å². The molecule has 0 rings (SSSR count). The van der Waals surface area contributed by atoms with Gasteiger partial charge >= 0.3 is 0 Å². The van der Waals surface area contributed by atoms with Crippen molar-refractivity contribution in [2.75, 3.05) is 18.5 Å². The summed E-state index contributed by atoms with van der Waals surface area (Å²) < 4.78 is 0. The largest absolute Gasteiger partial charge is 0.110 e. The molecule has 12 unspecified atom stereocenters. The molecule has 0 aliphatic rings. The van der Waals surface area contributed by atoms with Gasteiger partial charge in [0.05, 0.1) is 0 Å². The summed E-state index contributed by atoms with van der Waals surface area (Å²) in [4.78, 5) is 0. The highest BCUT2D eigenvalue weighted by molar-refractivity contribution is 8.62. The third-order valence-corrected chi connectivity index (χ3v) is 36.7. The Balaban J connectivity index is -0.0000000903. The van der Waals surface area contributed by atoms with Crippen LogP contribution in [-0.4, -0.2) is 18.5 Å². The molecule has 0 amide bonds. The molecule has 36 heavy (non-hydrogen) atoms. The van der Waals surface area contributed by atoms with Crippen molar-refractivity contribution < 1.29 is 0 Å². The van der Waals surface area contributed by atoms with Crippen LogP contribution in [0.15, 0.2) is 0 Å². The number of hydrogen-bond donors (Lipinski definition) is 0. The van der Waals surface area contributed by atoms with Gasteiger partial charge in [0.2, 0.25) is 0 Å². The lowest BCUT2D eigenvalue weighted by Crippen LogP contribution is -1.80. The fraction of sp³-hybridized carbons (Fsp3) is 1.00. The monoisotopic (exact) mass is 732 g/mol. The van der Waals surface area contributed by atoms with Gasteiger partial charge in [0.15, 0.2) is 0 Å². The molecular formula is C24H72P12. The highest BCUT2D eigenvalue weighted by Crippen LogP contribution is 2.67. The van der Waals surface area contributed by atoms with Gasteiger partial charge in [0.25, 0.3) is 0 Å². The molecule has 0 aromatic rings. The van der Waals surface area contributed by atoms with Gasteiger partial charge in [-0.25, -0.2) is 0 Å². The third kappa shape index (κ3) is 55.1. The fourth-order valence-corrected chi connectivity index (χ4v) is 12.6. The first-order valence-corrected chi connectivity index (χ1v) is 33.3. The molecule has 0 heterocycles. The first-order chi connectivity index (χ1) is 15.9. The number of rotatable bonds is 21. The van der Waals surface area contributed by atoms with E-state index in [-0.39, 0.29) is 22.3 Å². The smallest absolute Gasteiger partial charge is 0.0252 e. The normalized spacial score (nSPS) is 13.2. The van der Waals surface area contributed by atoms with Crippen LogP contribution >= 0.6 is 99.3 Å². The van der Waals surface area contributed by atoms with Gasteiger partial charge in [-0.1, -0.05) is 166 Å². The maximum absolute atomic E-state index is 3.00. The lowest BCUT2D eigenvalue weighted by molar-refractivity contribution is 0.627. The van der Waals surface area contributed by atoms with E-state index in [4.69, 9.17) is 0 Å². The van der Waals surface area contributed by atoms with Crippen molar-refractivity contribution in [2.45, 2.75) is 139 Å². The molecular weight excluding hydrogens is 660 g/mol. The maximum Gasteiger partial charge on any atom is -0.0252 e. The van der Waals surface area contributed by atoms with Crippen LogP contribution in [-0.2, 0) is 0 Å². The molecule has 0 aliphatic carbocycles. The van der Waals surface area contributed by atoms with E-state index >= 15 is 0 Å². The van der Waals surface area contributed by atoms with Crippen LogP contribution in [0.4, 0.5) is 0 Å². The summed E-state index contributed by atoms with van der Waals surface area (Å²) in [5, 5.41) is 0. The number of hydrogen-bond acceptors (Lipinski definition) is 0. The zero-order valence-corrected chi connectivity index (χ0v) is 34.6. The van der Waals surface area contributed by atoms with Crippen LogP contribution in [0.2, 0.25) is 0 Å². The van der Waals surface area contributed by atoms with Crippen LogP contribution in [0.25, 0.3) is 0 Å². The molecule has 12 atom stereocenters. The van der Waals surface area contributed by atoms with Gasteiger partial charge in [0.1, 0.15) is 0 Å². The Labute approximate surface area is 255 Å². The second kappa shape index (κ2) is 49.8. The predicted octanol–water partition coefficient (Wildman–Crippen LogP) is 15.7. The quantitative estimate of drug-likeness (QED) is 0.0814. The topological polar surface area (TPSA) is 0 Å². The van der Waals surface area contributed by atoms with Gasteiger partial charge in [-0.05, 0) is 37.7 Å². The third-order valence-electron chi connectivity index (χ3n) is 5.01. The molecule has 0 aromatic heterocycles. The molecule has 0 saturated carbocycles. The lowest BCUT2D eigenvalue weighted by atomic mass is 10.1. The van der Waals surface area contributed by atoms with Gasteiger partial charge in [-0.2, -0.15) is 0 Å². The Morgan fingerprint density at radius 2 is 0.583 bits per heavy atom. The molecule has 0 nitrogen and oxygen atoms in total. The van der Waals surface area contributed by atoms with Gasteiger partial charge in [-0.3, -0.25) is 0 Å². The van der Waals surface area contributed by atoms with E-state index in [2.05, 4.69) is 74.3 Å². The maximum atomic E-state index is 3.00. The minimum Gasteiger partial charge on any atom is -0.110 e. The summed E-state index contributed by atoms with van der Waals surface area (Å²) in [6.07, 6.45) is 25.8. The summed E-state index contributed by atoms with van der Waals surface area (Å²) >= 11 is 0. The van der Waals surface area contributed by atoms with Crippen LogP contribution in [0, 0.1) is 0 Å². The van der Waals surface area contributed by atoms with E-state index in [0.29, 0.717) is 21.9 Å². The Kier molecular flexibility index (Phi) is 74.3. The number of unbranched alkanes of at least 4 members (excludes halogenated alkanes) is 12. The molecule has 0 N–H and O–H groups in total. The average molecular weight is 733 g/mol. The van der Waals surface area contributed by atoms with Crippen molar-refractivity contribution in [3.63, 3.8) is 0 Å². The van der Waals surface area contributed by atoms with Crippen molar-refractivity contribution in [3.05, 3.63) is 0 Å². The Morgan fingerprint density at radius 3 is 0.806 bits per heavy atom. The highest BCUT2D eigenvalue weighted by atomic mass is 32.6. The van der Waals surface area contributed by atoms with Crippen molar-refractivity contribution in [3.8, 4) is 0 Å². The predicted molar refractivity (Wildman–Crippen MR) is 225 cm³/mol. The standard InChI is InChI=1S/C8H22P4.C7H20P4.C6H18P4.3CH4/c1-2-3-4-5-6-7-8-12(10)11-9;1-2-3-4-5-6-7-11(9)10-8;1-2-3-4-5-6-10(8)9-7;;;/h11H,2-10H2,1H3;10H,2-9H2,1H3;9H,2-8H2,1H3;3*1H4. The van der Waals surface area contributed by atoms with Crippen LogP contribution < -0.4 is 0 Å². The van der Waals surface area contributed by atoms with E-state index in [1.165, 1.54) is 115 Å². The van der Waals surface area contributed by atoms with Crippen molar-refractivity contribution in [1.82, 2.24) is 0 Å². The van der Waals surface area contributed by atoms with Crippen LogP contribution in [0.1, 0.15) is 139 Å². The fourth-order valence-electron chi connectivity index (χ4n) is 2.85. The molecule has 0 spiro atoms. The molecule has 0 saturated heterocycles. The molecule has 0 radical (unpaired) electrons. The second-order valence-corrected chi connectivity index (χ2v) is 37.9. The molecule has 0 aromatic carbocycles. The highest BCUT2D eigenvalue weighted by Gasteiger charge is 1.98. The summed E-state index contributed by atoms with van der Waals surface area (Å²) in [6, 6.07) is 0. The first kappa shape index (κ1) is 53.7. The summed E-state index contributed by atoms with van der Waals surface area (Å²) in [5.74, 6) is 0. The van der Waals surface area contributed by atoms with Crippen LogP contribution in [0.5, 0.6) is 0 Å². The Hall–Kier alpha value is 5.16. The van der Waals surface area contributed by atoms with Gasteiger partial charge in [0, 0.05) is 0 Å². The molecule has 228 valence electrons. The summed E-state index contributed by atoms with van der Waals surface area (Å²) in [7, 11) is 21.7. The van der Waals surface area contributed by atoms with E-state index in [9.17, 15) is 0 Å². The summed E-state index contributed by atoms with van der Waals surface area (Å²) in [5.41, 5.74) is 0. The van der Waals surface area contributed by atoms with Crippen molar-refractivity contribution in [2.24, 2.45) is 0 Å². The molecule has 0 bridgehead atoms. The minimum atomic E-state index is 0. The van der Waals surface area contributed by atoms with E-state index in [1.807, 2.05) is 0 Å². The average Bonchev–Trinajstić information content (AvgIpc) is 2.84. The SMILES string of the molecule is C.C.C.CCCCCCCCP(P)PP.CCCCCCCP(P)PP.CCCCCCP(P)PP.